The van der Waals surface area contributed by atoms with Crippen molar-refractivity contribution in [3.8, 4) is 17.2 Å². The van der Waals surface area contributed by atoms with E-state index < -0.39 is 5.91 Å². The maximum atomic E-state index is 13.7. The summed E-state index contributed by atoms with van der Waals surface area (Å²) in [6.07, 6.45) is 0. The Hall–Kier alpha value is -4.49. The van der Waals surface area contributed by atoms with Crippen LogP contribution in [0.1, 0.15) is 29.8 Å². The number of aromatic hydroxyl groups is 1. The molecule has 0 aliphatic carbocycles. The van der Waals surface area contributed by atoms with Gasteiger partial charge in [0.2, 0.25) is 0 Å². The largest absolute Gasteiger partial charge is 0.507 e. The van der Waals surface area contributed by atoms with Gasteiger partial charge in [0.1, 0.15) is 17.2 Å². The van der Waals surface area contributed by atoms with Crippen LogP contribution in [0.3, 0.4) is 0 Å². The first kappa shape index (κ1) is 25.6. The Morgan fingerprint density at radius 3 is 2.14 bits per heavy atom. The molecule has 1 amide bonds. The zero-order valence-corrected chi connectivity index (χ0v) is 20.9. The van der Waals surface area contributed by atoms with Crippen molar-refractivity contribution < 1.29 is 24.3 Å². The highest BCUT2D eigenvalue weighted by atomic mass is 16.7. The highest BCUT2D eigenvalue weighted by molar-refractivity contribution is 6.07. The molecule has 0 aliphatic heterocycles. The molecule has 0 atom stereocenters. The normalized spacial score (nSPS) is 10.5. The van der Waals surface area contributed by atoms with Crippen molar-refractivity contribution in [2.45, 2.75) is 20.4 Å². The van der Waals surface area contributed by atoms with Gasteiger partial charge in [-0.3, -0.25) is 9.63 Å². The van der Waals surface area contributed by atoms with E-state index in [1.807, 2.05) is 68.4 Å². The fraction of sp³-hybridized carbons (Fsp3) is 0.167. The molecule has 0 heterocycles. The van der Waals surface area contributed by atoms with E-state index >= 15 is 0 Å². The SMILES string of the molecule is CCOc1ccccc1N(Oc1ccccc1CN(OCC)c1ccccc1)C(=O)c1ccccc1O. The van der Waals surface area contributed by atoms with Crippen LogP contribution in [-0.4, -0.2) is 24.2 Å². The topological polar surface area (TPSA) is 71.5 Å². The van der Waals surface area contributed by atoms with Crippen LogP contribution < -0.4 is 19.7 Å². The number of ether oxygens (including phenoxy) is 1. The summed E-state index contributed by atoms with van der Waals surface area (Å²) in [5.74, 6) is 0.254. The predicted octanol–water partition coefficient (Wildman–Crippen LogP) is 6.39. The van der Waals surface area contributed by atoms with Crippen molar-refractivity contribution in [1.29, 1.82) is 0 Å². The molecule has 0 radical (unpaired) electrons. The zero-order chi connectivity index (χ0) is 26.0. The fourth-order valence-electron chi connectivity index (χ4n) is 3.80. The number of carbonyl (C=O) groups excluding carboxylic acids is 1. The van der Waals surface area contributed by atoms with Gasteiger partial charge in [0, 0.05) is 5.56 Å². The molecule has 7 nitrogen and oxygen atoms in total. The molecule has 0 saturated heterocycles. The van der Waals surface area contributed by atoms with Gasteiger partial charge >= 0.3 is 0 Å². The van der Waals surface area contributed by atoms with Gasteiger partial charge in [-0.25, -0.2) is 5.06 Å². The van der Waals surface area contributed by atoms with E-state index in [0.717, 1.165) is 16.3 Å². The molecule has 0 aromatic heterocycles. The van der Waals surface area contributed by atoms with Gasteiger partial charge in [-0.15, -0.1) is 5.06 Å². The first-order valence-electron chi connectivity index (χ1n) is 12.2. The molecule has 1 N–H and O–H groups in total. The first-order valence-corrected chi connectivity index (χ1v) is 12.2. The minimum Gasteiger partial charge on any atom is -0.507 e. The van der Waals surface area contributed by atoms with Crippen LogP contribution in [0.25, 0.3) is 0 Å². The van der Waals surface area contributed by atoms with Gasteiger partial charge < -0.3 is 14.7 Å². The average molecular weight is 499 g/mol. The van der Waals surface area contributed by atoms with E-state index in [4.69, 9.17) is 14.4 Å². The molecule has 0 spiro atoms. The van der Waals surface area contributed by atoms with Crippen LogP contribution in [0.15, 0.2) is 103 Å². The van der Waals surface area contributed by atoms with Crippen molar-refractivity contribution in [1.82, 2.24) is 0 Å². The summed E-state index contributed by atoms with van der Waals surface area (Å²) in [5.41, 5.74) is 2.20. The third-order valence-corrected chi connectivity index (χ3v) is 5.51. The van der Waals surface area contributed by atoms with E-state index in [1.165, 1.54) is 6.07 Å². The second-order valence-electron chi connectivity index (χ2n) is 8.01. The Balaban J connectivity index is 1.73. The summed E-state index contributed by atoms with van der Waals surface area (Å²) in [6, 6.07) is 30.7. The maximum absolute atomic E-state index is 13.7. The molecule has 4 aromatic carbocycles. The number of rotatable bonds is 11. The van der Waals surface area contributed by atoms with Gasteiger partial charge in [-0.05, 0) is 56.3 Å². The number of phenols is 1. The first-order chi connectivity index (χ1) is 18.1. The van der Waals surface area contributed by atoms with Gasteiger partial charge in [-0.2, -0.15) is 0 Å². The minimum atomic E-state index is -0.537. The molecule has 0 bridgehead atoms. The number of hydroxylamine groups is 2. The van der Waals surface area contributed by atoms with Gasteiger partial charge in [0.05, 0.1) is 31.0 Å². The van der Waals surface area contributed by atoms with Crippen LogP contribution in [0.4, 0.5) is 11.4 Å². The molecule has 37 heavy (non-hydrogen) atoms. The lowest BCUT2D eigenvalue weighted by molar-refractivity contribution is 0.0872. The Bertz CT molecular complexity index is 1310. The van der Waals surface area contributed by atoms with Crippen molar-refractivity contribution in [3.05, 3.63) is 114 Å². The third kappa shape index (κ3) is 6.20. The van der Waals surface area contributed by atoms with Crippen molar-refractivity contribution in [2.24, 2.45) is 0 Å². The standard InChI is InChI=1S/C30H30N2O5/c1-3-35-29-21-13-10-18-26(29)32(30(34)25-17-9-11-19-27(25)33)37-28-20-12-8-14-23(28)22-31(36-4-2)24-15-6-5-7-16-24/h5-21,33H,3-4,22H2,1-2H3. The van der Waals surface area contributed by atoms with E-state index in [0.29, 0.717) is 36.9 Å². The average Bonchev–Trinajstić information content (AvgIpc) is 2.93. The molecule has 0 unspecified atom stereocenters. The molecule has 190 valence electrons. The number of hydrogen-bond donors (Lipinski definition) is 1. The van der Waals surface area contributed by atoms with Crippen LogP contribution in [0.5, 0.6) is 17.2 Å². The van der Waals surface area contributed by atoms with Crippen LogP contribution in [-0.2, 0) is 11.4 Å². The monoisotopic (exact) mass is 498 g/mol. The molecule has 4 rings (SSSR count). The molecule has 0 aliphatic rings. The summed E-state index contributed by atoms with van der Waals surface area (Å²) >= 11 is 0. The summed E-state index contributed by atoms with van der Waals surface area (Å²) < 4.78 is 5.79. The smallest absolute Gasteiger partial charge is 0.295 e. The van der Waals surface area contributed by atoms with Gasteiger partial charge in [0.25, 0.3) is 5.91 Å². The fourth-order valence-corrected chi connectivity index (χ4v) is 3.80. The maximum Gasteiger partial charge on any atom is 0.295 e. The molecule has 7 heteroatoms. The Kier molecular flexibility index (Phi) is 8.62. The van der Waals surface area contributed by atoms with Gasteiger partial charge in [-0.1, -0.05) is 60.7 Å². The van der Waals surface area contributed by atoms with E-state index in [-0.39, 0.29) is 11.3 Å². The highest BCUT2D eigenvalue weighted by Crippen LogP contribution is 2.33. The second-order valence-corrected chi connectivity index (χ2v) is 8.01. The lowest BCUT2D eigenvalue weighted by atomic mass is 10.1. The van der Waals surface area contributed by atoms with Crippen LogP contribution >= 0.6 is 0 Å². The quantitative estimate of drug-likeness (QED) is 0.242. The van der Waals surface area contributed by atoms with E-state index in [1.54, 1.807) is 47.5 Å². The minimum absolute atomic E-state index is 0.103. The summed E-state index contributed by atoms with van der Waals surface area (Å²) in [6.45, 7) is 5.06. The lowest BCUT2D eigenvalue weighted by Crippen LogP contribution is -2.35. The number of phenolic OH excluding ortho intramolecular Hbond substituents is 1. The molecule has 0 fully saturated rings. The summed E-state index contributed by atoms with van der Waals surface area (Å²) in [5, 5.41) is 13.4. The third-order valence-electron chi connectivity index (χ3n) is 5.51. The number of anilines is 2. The number of para-hydroxylation sites is 5. The summed E-state index contributed by atoms with van der Waals surface area (Å²) in [4.78, 5) is 26.0. The van der Waals surface area contributed by atoms with Crippen LogP contribution in [0.2, 0.25) is 0 Å². The van der Waals surface area contributed by atoms with Gasteiger partial charge in [0.15, 0.2) is 5.75 Å². The lowest BCUT2D eigenvalue weighted by Gasteiger charge is -2.27. The van der Waals surface area contributed by atoms with E-state index in [2.05, 4.69) is 0 Å². The predicted molar refractivity (Wildman–Crippen MR) is 144 cm³/mol. The van der Waals surface area contributed by atoms with Crippen LogP contribution in [0, 0.1) is 0 Å². The molecule has 0 saturated carbocycles. The Labute approximate surface area is 217 Å². The van der Waals surface area contributed by atoms with Crippen molar-refractivity contribution >= 4 is 17.3 Å². The number of carbonyl (C=O) groups is 1. The molecular formula is C30H30N2O5. The van der Waals surface area contributed by atoms with Crippen molar-refractivity contribution in [2.75, 3.05) is 23.3 Å². The number of benzene rings is 4. The summed E-state index contributed by atoms with van der Waals surface area (Å²) in [7, 11) is 0. The number of amides is 1. The Morgan fingerprint density at radius 2 is 1.41 bits per heavy atom. The van der Waals surface area contributed by atoms with Crippen molar-refractivity contribution in [3.63, 3.8) is 0 Å². The Morgan fingerprint density at radius 1 is 0.757 bits per heavy atom. The van der Waals surface area contributed by atoms with E-state index in [9.17, 15) is 9.90 Å². The number of nitrogens with zero attached hydrogens (tertiary/aromatic N) is 2. The molecular weight excluding hydrogens is 468 g/mol. The zero-order valence-electron chi connectivity index (χ0n) is 20.9. The number of hydrogen-bond acceptors (Lipinski definition) is 6. The second kappa shape index (κ2) is 12.5. The highest BCUT2D eigenvalue weighted by Gasteiger charge is 2.26. The molecule has 4 aromatic rings.